The number of aromatic nitrogens is 2. The van der Waals surface area contributed by atoms with Gasteiger partial charge in [0.05, 0.1) is 11.8 Å². The molecule has 0 saturated heterocycles. The fraction of sp³-hybridized carbons (Fsp3) is 0.333. The Morgan fingerprint density at radius 2 is 2.00 bits per heavy atom. The second kappa shape index (κ2) is 8.57. The lowest BCUT2D eigenvalue weighted by Crippen LogP contribution is -2.47. The van der Waals surface area contributed by atoms with E-state index in [4.69, 9.17) is 10.5 Å². The van der Waals surface area contributed by atoms with E-state index in [0.717, 1.165) is 12.8 Å². The monoisotopic (exact) mass is 402 g/mol. The molecule has 3 N–H and O–H groups in total. The number of halogens is 2. The molecule has 0 spiro atoms. The van der Waals surface area contributed by atoms with Crippen molar-refractivity contribution in [3.8, 4) is 5.75 Å². The number of nitrogens with zero attached hydrogens (tertiary/aromatic N) is 2. The fourth-order valence-electron chi connectivity index (χ4n) is 3.12. The molecular weight excluding hydrogens is 378 g/mol. The van der Waals surface area contributed by atoms with Gasteiger partial charge in [0, 0.05) is 18.3 Å². The Labute approximate surface area is 167 Å². The average molecular weight is 402 g/mol. The van der Waals surface area contributed by atoms with E-state index in [2.05, 4.69) is 10.3 Å². The predicted octanol–water partition coefficient (Wildman–Crippen LogP) is 3.44. The molecule has 154 valence electrons. The Kier molecular flexibility index (Phi) is 6.12. The molecule has 3 rings (SSSR count). The first-order chi connectivity index (χ1) is 13.8. The highest BCUT2D eigenvalue weighted by Gasteiger charge is 2.21. The van der Waals surface area contributed by atoms with Crippen molar-refractivity contribution in [3.63, 3.8) is 0 Å². The van der Waals surface area contributed by atoms with E-state index >= 15 is 0 Å². The lowest BCUT2D eigenvalue weighted by atomic mass is 9.98. The first-order valence-corrected chi connectivity index (χ1v) is 9.41. The maximum atomic E-state index is 13.8. The number of pyridine rings is 1. The van der Waals surface area contributed by atoms with Crippen LogP contribution in [0.2, 0.25) is 0 Å². The van der Waals surface area contributed by atoms with Crippen LogP contribution in [-0.2, 0) is 6.61 Å². The van der Waals surface area contributed by atoms with Crippen molar-refractivity contribution in [2.24, 2.45) is 5.73 Å². The molecule has 6 nitrogen and oxygen atoms in total. The minimum atomic E-state index is -0.683. The van der Waals surface area contributed by atoms with Gasteiger partial charge < -0.3 is 15.8 Å². The third kappa shape index (κ3) is 4.71. The number of fused-ring (bicyclic) bond motifs is 1. The zero-order valence-electron chi connectivity index (χ0n) is 16.4. The molecule has 1 amide bonds. The second-order valence-corrected chi connectivity index (χ2v) is 7.29. The van der Waals surface area contributed by atoms with E-state index in [0.29, 0.717) is 23.6 Å². The number of hydrogen-bond donors (Lipinski definition) is 2. The molecule has 8 heteroatoms. The Hall–Kier alpha value is -3.00. The summed E-state index contributed by atoms with van der Waals surface area (Å²) in [6, 6.07) is 6.93. The maximum Gasteiger partial charge on any atom is 0.269 e. The van der Waals surface area contributed by atoms with Crippen LogP contribution >= 0.6 is 0 Å². The highest BCUT2D eigenvalue weighted by atomic mass is 19.1. The van der Waals surface area contributed by atoms with Crippen LogP contribution in [0.4, 0.5) is 8.78 Å². The first-order valence-electron chi connectivity index (χ1n) is 9.41. The lowest BCUT2D eigenvalue weighted by Gasteiger charge is -2.24. The summed E-state index contributed by atoms with van der Waals surface area (Å²) >= 11 is 0. The molecule has 0 fully saturated rings. The molecule has 0 aliphatic carbocycles. The molecule has 2 aromatic heterocycles. The summed E-state index contributed by atoms with van der Waals surface area (Å²) in [5, 5.41) is 2.83. The summed E-state index contributed by atoms with van der Waals surface area (Å²) in [6.45, 7) is 3.95. The lowest BCUT2D eigenvalue weighted by molar-refractivity contribution is 0.0938. The van der Waals surface area contributed by atoms with E-state index in [-0.39, 0.29) is 18.1 Å². The van der Waals surface area contributed by atoms with Crippen molar-refractivity contribution in [2.75, 3.05) is 6.54 Å². The molecule has 0 aliphatic heterocycles. The van der Waals surface area contributed by atoms with Gasteiger partial charge in [-0.1, -0.05) is 19.4 Å². The normalized spacial score (nSPS) is 13.3. The van der Waals surface area contributed by atoms with Crippen LogP contribution in [0.25, 0.3) is 5.65 Å². The van der Waals surface area contributed by atoms with Gasteiger partial charge in [-0.25, -0.2) is 13.8 Å². The Morgan fingerprint density at radius 1 is 1.28 bits per heavy atom. The smallest absolute Gasteiger partial charge is 0.269 e. The molecular formula is C21H24F2N4O2. The molecule has 0 bridgehead atoms. The van der Waals surface area contributed by atoms with Gasteiger partial charge in [0.15, 0.2) is 11.4 Å². The van der Waals surface area contributed by atoms with Crippen molar-refractivity contribution < 1.29 is 18.3 Å². The van der Waals surface area contributed by atoms with Crippen LogP contribution < -0.4 is 15.8 Å². The van der Waals surface area contributed by atoms with Gasteiger partial charge in [0.25, 0.3) is 5.91 Å². The van der Waals surface area contributed by atoms with Crippen LogP contribution in [0.1, 0.15) is 42.7 Å². The molecule has 1 atom stereocenters. The van der Waals surface area contributed by atoms with Crippen molar-refractivity contribution in [3.05, 3.63) is 65.6 Å². The molecule has 0 radical (unpaired) electrons. The molecule has 29 heavy (non-hydrogen) atoms. The van der Waals surface area contributed by atoms with Gasteiger partial charge in [-0.15, -0.1) is 0 Å². The molecule has 2 heterocycles. The van der Waals surface area contributed by atoms with Crippen molar-refractivity contribution >= 4 is 11.6 Å². The maximum absolute atomic E-state index is 13.8. The number of ether oxygens (including phenoxy) is 1. The quantitative estimate of drug-likeness (QED) is 0.605. The number of hydrogen-bond acceptors (Lipinski definition) is 4. The van der Waals surface area contributed by atoms with Crippen LogP contribution in [0.5, 0.6) is 5.75 Å². The number of rotatable bonds is 8. The summed E-state index contributed by atoms with van der Waals surface area (Å²) in [5.74, 6) is -1.37. The van der Waals surface area contributed by atoms with Crippen LogP contribution in [-0.4, -0.2) is 27.4 Å². The van der Waals surface area contributed by atoms with Crippen molar-refractivity contribution in [2.45, 2.75) is 38.8 Å². The Morgan fingerprint density at radius 3 is 2.69 bits per heavy atom. The van der Waals surface area contributed by atoms with Gasteiger partial charge >= 0.3 is 0 Å². The van der Waals surface area contributed by atoms with E-state index in [1.54, 1.807) is 22.7 Å². The number of carbonyl (C=O) groups excluding carboxylic acids is 1. The molecule has 1 aromatic carbocycles. The largest absolute Gasteiger partial charge is 0.485 e. The standard InChI is InChI=1S/C21H24F2N4O2/c1-3-9-21(2,24)13-26-20(28)17-11-25-19-18(8-5-10-27(17)19)29-12-14-15(22)6-4-7-16(14)23/h4-8,10-11H,3,9,12-13,24H2,1-2H3,(H,26,28). The average Bonchev–Trinajstić information content (AvgIpc) is 3.11. The predicted molar refractivity (Wildman–Crippen MR) is 106 cm³/mol. The third-order valence-electron chi connectivity index (χ3n) is 4.64. The van der Waals surface area contributed by atoms with E-state index in [9.17, 15) is 13.6 Å². The van der Waals surface area contributed by atoms with Gasteiger partial charge in [-0.05, 0) is 37.6 Å². The van der Waals surface area contributed by atoms with Gasteiger partial charge in [-0.3, -0.25) is 9.20 Å². The molecule has 3 aromatic rings. The number of carbonyl (C=O) groups is 1. The Bertz CT molecular complexity index is 997. The second-order valence-electron chi connectivity index (χ2n) is 7.29. The number of amides is 1. The molecule has 0 saturated carbocycles. The zero-order chi connectivity index (χ0) is 21.0. The highest BCUT2D eigenvalue weighted by Crippen LogP contribution is 2.22. The van der Waals surface area contributed by atoms with Crippen LogP contribution in [0.15, 0.2) is 42.7 Å². The topological polar surface area (TPSA) is 81.6 Å². The van der Waals surface area contributed by atoms with E-state index in [1.165, 1.54) is 24.4 Å². The summed E-state index contributed by atoms with van der Waals surface area (Å²) in [5.41, 5.74) is 6.19. The van der Waals surface area contributed by atoms with E-state index < -0.39 is 17.2 Å². The fourth-order valence-corrected chi connectivity index (χ4v) is 3.12. The minimum Gasteiger partial charge on any atom is -0.485 e. The minimum absolute atomic E-state index is 0.169. The van der Waals surface area contributed by atoms with Crippen molar-refractivity contribution in [1.82, 2.24) is 14.7 Å². The summed E-state index contributed by atoms with van der Waals surface area (Å²) in [6.07, 6.45) is 4.79. The third-order valence-corrected chi connectivity index (χ3v) is 4.64. The number of benzene rings is 1. The number of imidazole rings is 1. The Balaban J connectivity index is 1.77. The first kappa shape index (κ1) is 20.7. The summed E-state index contributed by atoms with van der Waals surface area (Å²) < 4.78 is 34.8. The summed E-state index contributed by atoms with van der Waals surface area (Å²) in [4.78, 5) is 16.8. The number of nitrogens with two attached hydrogens (primary N) is 1. The zero-order valence-corrected chi connectivity index (χ0v) is 16.4. The molecule has 1 unspecified atom stereocenters. The molecule has 0 aliphatic rings. The summed E-state index contributed by atoms with van der Waals surface area (Å²) in [7, 11) is 0. The van der Waals surface area contributed by atoms with Gasteiger partial charge in [0.2, 0.25) is 0 Å². The van der Waals surface area contributed by atoms with Crippen molar-refractivity contribution in [1.29, 1.82) is 0 Å². The van der Waals surface area contributed by atoms with Crippen LogP contribution in [0.3, 0.4) is 0 Å². The highest BCUT2D eigenvalue weighted by molar-refractivity contribution is 5.93. The van der Waals surface area contributed by atoms with E-state index in [1.807, 2.05) is 13.8 Å². The van der Waals surface area contributed by atoms with Gasteiger partial charge in [-0.2, -0.15) is 0 Å². The SMILES string of the molecule is CCCC(C)(N)CNC(=O)c1cnc2c(OCc3c(F)cccc3F)cccn12. The van der Waals surface area contributed by atoms with Gasteiger partial charge in [0.1, 0.15) is 23.9 Å². The van der Waals surface area contributed by atoms with Crippen LogP contribution in [0, 0.1) is 11.6 Å². The number of nitrogens with one attached hydrogen (secondary N) is 1.